The predicted molar refractivity (Wildman–Crippen MR) is 65.3 cm³/mol. The summed E-state index contributed by atoms with van der Waals surface area (Å²) in [7, 11) is 0. The van der Waals surface area contributed by atoms with E-state index >= 15 is 0 Å². The number of hydrogen-bond acceptors (Lipinski definition) is 3. The van der Waals surface area contributed by atoms with Gasteiger partial charge in [-0.25, -0.2) is 4.98 Å². The van der Waals surface area contributed by atoms with Crippen LogP contribution in [0, 0.1) is 0 Å². The molecule has 0 aliphatic rings. The minimum Gasteiger partial charge on any atom is -0.507 e. The smallest absolute Gasteiger partial charge is 0.433 e. The first kappa shape index (κ1) is 13.9. The standard InChI is InChI=1S/C13H9F3N2O2/c14-13(15,16)11-6-5-8(7-17-11)18-12(20)9-3-1-2-4-10(9)19/h1-7,19H,(H,18,20). The van der Waals surface area contributed by atoms with Crippen LogP contribution in [-0.4, -0.2) is 16.0 Å². The number of hydrogen-bond donors (Lipinski definition) is 2. The number of carbonyl (C=O) groups excluding carboxylic acids is 1. The largest absolute Gasteiger partial charge is 0.507 e. The van der Waals surface area contributed by atoms with Crippen LogP contribution in [0.3, 0.4) is 0 Å². The van der Waals surface area contributed by atoms with Crippen molar-refractivity contribution in [1.82, 2.24) is 4.98 Å². The average molecular weight is 282 g/mol. The van der Waals surface area contributed by atoms with Gasteiger partial charge in [0, 0.05) is 0 Å². The molecule has 1 heterocycles. The molecule has 0 radical (unpaired) electrons. The van der Waals surface area contributed by atoms with Gasteiger partial charge in [0.25, 0.3) is 5.91 Å². The van der Waals surface area contributed by atoms with E-state index in [9.17, 15) is 23.1 Å². The van der Waals surface area contributed by atoms with Crippen molar-refractivity contribution in [3.05, 3.63) is 53.9 Å². The molecule has 0 atom stereocenters. The highest BCUT2D eigenvalue weighted by Crippen LogP contribution is 2.28. The molecule has 4 nitrogen and oxygen atoms in total. The molecule has 0 saturated heterocycles. The molecule has 0 spiro atoms. The Balaban J connectivity index is 2.15. The van der Waals surface area contributed by atoms with Gasteiger partial charge in [0.15, 0.2) is 0 Å². The lowest BCUT2D eigenvalue weighted by molar-refractivity contribution is -0.141. The molecule has 20 heavy (non-hydrogen) atoms. The summed E-state index contributed by atoms with van der Waals surface area (Å²) in [6.07, 6.45) is -3.62. The molecule has 2 rings (SSSR count). The molecule has 0 fully saturated rings. The Morgan fingerprint density at radius 2 is 1.85 bits per heavy atom. The summed E-state index contributed by atoms with van der Waals surface area (Å²) in [5.74, 6) is -0.852. The molecule has 104 valence electrons. The number of nitrogens with zero attached hydrogens (tertiary/aromatic N) is 1. The monoisotopic (exact) mass is 282 g/mol. The van der Waals surface area contributed by atoms with E-state index in [1.54, 1.807) is 12.1 Å². The molecular formula is C13H9F3N2O2. The number of anilines is 1. The molecule has 7 heteroatoms. The fourth-order valence-corrected chi connectivity index (χ4v) is 1.50. The SMILES string of the molecule is O=C(Nc1ccc(C(F)(F)F)nc1)c1ccccc1O. The third-order valence-electron chi connectivity index (χ3n) is 2.46. The Morgan fingerprint density at radius 3 is 2.40 bits per heavy atom. The molecule has 0 aliphatic carbocycles. The molecule has 1 amide bonds. The maximum Gasteiger partial charge on any atom is 0.433 e. The summed E-state index contributed by atoms with van der Waals surface area (Å²) >= 11 is 0. The van der Waals surface area contributed by atoms with Crippen LogP contribution in [0.25, 0.3) is 0 Å². The van der Waals surface area contributed by atoms with Crippen molar-refractivity contribution in [2.24, 2.45) is 0 Å². The van der Waals surface area contributed by atoms with Crippen molar-refractivity contribution in [1.29, 1.82) is 0 Å². The van der Waals surface area contributed by atoms with Crippen LogP contribution >= 0.6 is 0 Å². The maximum atomic E-state index is 12.3. The number of carbonyl (C=O) groups is 1. The summed E-state index contributed by atoms with van der Waals surface area (Å²) in [5, 5.41) is 11.8. The Bertz CT molecular complexity index is 624. The van der Waals surface area contributed by atoms with Gasteiger partial charge in [-0.1, -0.05) is 12.1 Å². The van der Waals surface area contributed by atoms with E-state index in [1.165, 1.54) is 12.1 Å². The minimum atomic E-state index is -4.53. The van der Waals surface area contributed by atoms with Gasteiger partial charge in [0.2, 0.25) is 0 Å². The minimum absolute atomic E-state index is 0.0207. The van der Waals surface area contributed by atoms with Crippen molar-refractivity contribution in [3.63, 3.8) is 0 Å². The molecule has 0 aliphatic heterocycles. The number of amides is 1. The van der Waals surface area contributed by atoms with Gasteiger partial charge in [-0.05, 0) is 24.3 Å². The van der Waals surface area contributed by atoms with E-state index in [1.807, 2.05) is 0 Å². The zero-order valence-electron chi connectivity index (χ0n) is 9.98. The van der Waals surface area contributed by atoms with E-state index in [2.05, 4.69) is 10.3 Å². The quantitative estimate of drug-likeness (QED) is 0.889. The van der Waals surface area contributed by atoms with Crippen molar-refractivity contribution >= 4 is 11.6 Å². The summed E-state index contributed by atoms with van der Waals surface area (Å²) in [6, 6.07) is 7.68. The van der Waals surface area contributed by atoms with Crippen molar-refractivity contribution in [3.8, 4) is 5.75 Å². The topological polar surface area (TPSA) is 62.2 Å². The number of rotatable bonds is 2. The second-order valence-electron chi connectivity index (χ2n) is 3.90. The summed E-state index contributed by atoms with van der Waals surface area (Å²) in [4.78, 5) is 15.0. The van der Waals surface area contributed by atoms with Gasteiger partial charge in [-0.2, -0.15) is 13.2 Å². The summed E-state index contributed by atoms with van der Waals surface area (Å²) in [6.45, 7) is 0. The first-order valence-corrected chi connectivity index (χ1v) is 5.50. The predicted octanol–water partition coefficient (Wildman–Crippen LogP) is 3.06. The van der Waals surface area contributed by atoms with Gasteiger partial charge >= 0.3 is 6.18 Å². The second kappa shape index (κ2) is 5.20. The Hall–Kier alpha value is -2.57. The third kappa shape index (κ3) is 3.05. The van der Waals surface area contributed by atoms with E-state index in [0.717, 1.165) is 18.3 Å². The zero-order chi connectivity index (χ0) is 14.8. The van der Waals surface area contributed by atoms with E-state index in [0.29, 0.717) is 0 Å². The number of halogens is 3. The second-order valence-corrected chi connectivity index (χ2v) is 3.90. The van der Waals surface area contributed by atoms with Crippen LogP contribution in [0.15, 0.2) is 42.6 Å². The third-order valence-corrected chi connectivity index (χ3v) is 2.46. The number of benzene rings is 1. The zero-order valence-corrected chi connectivity index (χ0v) is 9.98. The lowest BCUT2D eigenvalue weighted by atomic mass is 10.2. The Kier molecular flexibility index (Phi) is 3.60. The Morgan fingerprint density at radius 1 is 1.15 bits per heavy atom. The van der Waals surface area contributed by atoms with E-state index < -0.39 is 17.8 Å². The first-order valence-electron chi connectivity index (χ1n) is 5.50. The number of aromatic hydroxyl groups is 1. The normalized spacial score (nSPS) is 11.2. The van der Waals surface area contributed by atoms with Gasteiger partial charge in [0.05, 0.1) is 17.4 Å². The van der Waals surface area contributed by atoms with Crippen LogP contribution < -0.4 is 5.32 Å². The molecule has 2 N–H and O–H groups in total. The molecule has 0 bridgehead atoms. The highest BCUT2D eigenvalue weighted by atomic mass is 19.4. The molecule has 0 saturated carbocycles. The number of para-hydroxylation sites is 1. The van der Waals surface area contributed by atoms with E-state index in [4.69, 9.17) is 0 Å². The fraction of sp³-hybridized carbons (Fsp3) is 0.0769. The average Bonchev–Trinajstić information content (AvgIpc) is 2.38. The van der Waals surface area contributed by atoms with Gasteiger partial charge in [0.1, 0.15) is 11.4 Å². The highest BCUT2D eigenvalue weighted by molar-refractivity contribution is 6.05. The number of nitrogens with one attached hydrogen (secondary N) is 1. The number of phenols is 1. The number of aromatic nitrogens is 1. The lowest BCUT2D eigenvalue weighted by Crippen LogP contribution is -2.13. The molecule has 1 aromatic heterocycles. The van der Waals surface area contributed by atoms with Gasteiger partial charge in [-0.15, -0.1) is 0 Å². The lowest BCUT2D eigenvalue weighted by Gasteiger charge is -2.08. The van der Waals surface area contributed by atoms with Crippen molar-refractivity contribution in [2.45, 2.75) is 6.18 Å². The van der Waals surface area contributed by atoms with Crippen LogP contribution in [0.1, 0.15) is 16.1 Å². The van der Waals surface area contributed by atoms with Crippen molar-refractivity contribution in [2.75, 3.05) is 5.32 Å². The maximum absolute atomic E-state index is 12.3. The van der Waals surface area contributed by atoms with Crippen LogP contribution in [0.4, 0.5) is 18.9 Å². The number of alkyl halides is 3. The van der Waals surface area contributed by atoms with Crippen LogP contribution in [0.2, 0.25) is 0 Å². The van der Waals surface area contributed by atoms with Gasteiger partial charge < -0.3 is 10.4 Å². The molecule has 1 aromatic carbocycles. The Labute approximate surface area is 111 Å². The van der Waals surface area contributed by atoms with Crippen LogP contribution in [0.5, 0.6) is 5.75 Å². The van der Waals surface area contributed by atoms with Crippen LogP contribution in [-0.2, 0) is 6.18 Å². The van der Waals surface area contributed by atoms with E-state index in [-0.39, 0.29) is 17.0 Å². The van der Waals surface area contributed by atoms with Crippen molar-refractivity contribution < 1.29 is 23.1 Å². The molecular weight excluding hydrogens is 273 g/mol. The molecule has 2 aromatic rings. The highest BCUT2D eigenvalue weighted by Gasteiger charge is 2.32. The molecule has 0 unspecified atom stereocenters. The van der Waals surface area contributed by atoms with Gasteiger partial charge in [-0.3, -0.25) is 4.79 Å². The first-order chi connectivity index (χ1) is 9.38. The number of phenolic OH excluding ortho intramolecular Hbond substituents is 1. The number of pyridine rings is 1. The fourth-order valence-electron chi connectivity index (χ4n) is 1.50. The summed E-state index contributed by atoms with van der Waals surface area (Å²) in [5.41, 5.74) is -0.920. The summed E-state index contributed by atoms with van der Waals surface area (Å²) < 4.78 is 37.0.